The second-order valence-corrected chi connectivity index (χ2v) is 5.41. The predicted molar refractivity (Wildman–Crippen MR) is 65.0 cm³/mol. The van der Waals surface area contributed by atoms with Gasteiger partial charge in [-0.1, -0.05) is 0 Å². The van der Waals surface area contributed by atoms with Crippen molar-refractivity contribution in [1.29, 1.82) is 0 Å². The Labute approximate surface area is 103 Å². The van der Waals surface area contributed by atoms with Crippen LogP contribution in [-0.2, 0) is 14.3 Å². The van der Waals surface area contributed by atoms with Crippen LogP contribution >= 0.6 is 0 Å². The number of hydrogen-bond donors (Lipinski definition) is 0. The van der Waals surface area contributed by atoms with Crippen molar-refractivity contribution in [3.8, 4) is 0 Å². The van der Waals surface area contributed by atoms with Gasteiger partial charge in [0.05, 0.1) is 18.8 Å². The summed E-state index contributed by atoms with van der Waals surface area (Å²) in [5, 5.41) is 0. The molecule has 0 atom stereocenters. The van der Waals surface area contributed by atoms with E-state index in [9.17, 15) is 4.79 Å². The number of ether oxygens (including phenoxy) is 2. The lowest BCUT2D eigenvalue weighted by Crippen LogP contribution is -2.56. The van der Waals surface area contributed by atoms with Crippen LogP contribution in [0.25, 0.3) is 0 Å². The van der Waals surface area contributed by atoms with Gasteiger partial charge in [0.2, 0.25) is 0 Å². The highest BCUT2D eigenvalue weighted by Crippen LogP contribution is 2.26. The molecule has 0 aliphatic carbocycles. The van der Waals surface area contributed by atoms with Gasteiger partial charge in [0, 0.05) is 32.2 Å². The summed E-state index contributed by atoms with van der Waals surface area (Å²) in [6.45, 7) is 8.77. The second-order valence-electron chi connectivity index (χ2n) is 5.41. The fourth-order valence-corrected chi connectivity index (χ4v) is 2.74. The van der Waals surface area contributed by atoms with Crippen LogP contribution in [0.15, 0.2) is 0 Å². The summed E-state index contributed by atoms with van der Waals surface area (Å²) >= 11 is 0. The molecule has 2 aliphatic heterocycles. The average Bonchev–Trinajstić information content (AvgIpc) is 2.40. The van der Waals surface area contributed by atoms with Crippen LogP contribution < -0.4 is 0 Å². The zero-order valence-corrected chi connectivity index (χ0v) is 10.9. The van der Waals surface area contributed by atoms with Crippen LogP contribution in [0.4, 0.5) is 0 Å². The van der Waals surface area contributed by atoms with Crippen molar-refractivity contribution in [3.05, 3.63) is 0 Å². The molecule has 2 aliphatic rings. The Kier molecular flexibility index (Phi) is 4.17. The normalized spacial score (nSPS) is 24.8. The molecule has 0 N–H and O–H groups in total. The number of morpholine rings is 1. The van der Waals surface area contributed by atoms with E-state index in [2.05, 4.69) is 18.7 Å². The van der Waals surface area contributed by atoms with E-state index in [1.807, 2.05) is 0 Å². The number of rotatable bonds is 3. The van der Waals surface area contributed by atoms with Crippen LogP contribution in [0.5, 0.6) is 0 Å². The third kappa shape index (κ3) is 2.87. The van der Waals surface area contributed by atoms with Gasteiger partial charge in [-0.25, -0.2) is 0 Å². The maximum absolute atomic E-state index is 12.6. The summed E-state index contributed by atoms with van der Waals surface area (Å²) in [6, 6.07) is 0. The van der Waals surface area contributed by atoms with Gasteiger partial charge in [0.1, 0.15) is 0 Å². The molecule has 17 heavy (non-hydrogen) atoms. The van der Waals surface area contributed by atoms with Gasteiger partial charge in [0.15, 0.2) is 5.78 Å². The van der Waals surface area contributed by atoms with Gasteiger partial charge < -0.3 is 9.47 Å². The van der Waals surface area contributed by atoms with E-state index in [0.29, 0.717) is 5.78 Å². The summed E-state index contributed by atoms with van der Waals surface area (Å²) in [5.41, 5.74) is -0.355. The Morgan fingerprint density at radius 3 is 2.18 bits per heavy atom. The minimum atomic E-state index is -0.355. The van der Waals surface area contributed by atoms with Crippen LogP contribution in [0, 0.1) is 5.92 Å². The lowest BCUT2D eigenvalue weighted by atomic mass is 9.83. The third-order valence-electron chi connectivity index (χ3n) is 4.00. The second kappa shape index (κ2) is 5.46. The molecule has 0 radical (unpaired) electrons. The molecule has 2 saturated heterocycles. The molecule has 4 nitrogen and oxygen atoms in total. The highest BCUT2D eigenvalue weighted by Gasteiger charge is 2.39. The summed E-state index contributed by atoms with van der Waals surface area (Å²) in [4.78, 5) is 14.8. The average molecular weight is 241 g/mol. The van der Waals surface area contributed by atoms with Gasteiger partial charge in [-0.2, -0.15) is 0 Å². The van der Waals surface area contributed by atoms with Crippen molar-refractivity contribution in [2.75, 3.05) is 39.5 Å². The van der Waals surface area contributed by atoms with E-state index in [4.69, 9.17) is 9.47 Å². The van der Waals surface area contributed by atoms with Gasteiger partial charge in [-0.3, -0.25) is 9.69 Å². The molecule has 2 fully saturated rings. The first-order valence-electron chi connectivity index (χ1n) is 6.57. The van der Waals surface area contributed by atoms with E-state index in [0.717, 1.165) is 52.4 Å². The van der Waals surface area contributed by atoms with Crippen molar-refractivity contribution in [2.45, 2.75) is 32.2 Å². The monoisotopic (exact) mass is 241 g/mol. The number of Topliss-reactive ketones (excluding diaryl/α,β-unsaturated/α-hetero) is 1. The van der Waals surface area contributed by atoms with Gasteiger partial charge in [-0.15, -0.1) is 0 Å². The number of carbonyl (C=O) groups is 1. The van der Waals surface area contributed by atoms with Crippen molar-refractivity contribution in [2.24, 2.45) is 5.92 Å². The summed E-state index contributed by atoms with van der Waals surface area (Å²) < 4.78 is 10.7. The molecule has 0 amide bonds. The molecule has 0 aromatic heterocycles. The zero-order valence-electron chi connectivity index (χ0n) is 10.9. The van der Waals surface area contributed by atoms with Crippen molar-refractivity contribution in [3.63, 3.8) is 0 Å². The Hall–Kier alpha value is -0.450. The molecule has 2 heterocycles. The number of nitrogens with zero attached hydrogens (tertiary/aromatic N) is 1. The first kappa shape index (κ1) is 13.0. The minimum absolute atomic E-state index is 0.182. The Balaban J connectivity index is 1.99. The summed E-state index contributed by atoms with van der Waals surface area (Å²) in [7, 11) is 0. The zero-order chi connectivity index (χ0) is 12.3. The first-order valence-corrected chi connectivity index (χ1v) is 6.57. The Morgan fingerprint density at radius 2 is 1.59 bits per heavy atom. The molecule has 0 unspecified atom stereocenters. The van der Waals surface area contributed by atoms with Gasteiger partial charge in [-0.05, 0) is 26.7 Å². The summed E-state index contributed by atoms with van der Waals surface area (Å²) in [6.07, 6.45) is 1.76. The largest absolute Gasteiger partial charge is 0.381 e. The minimum Gasteiger partial charge on any atom is -0.381 e. The lowest BCUT2D eigenvalue weighted by Gasteiger charge is -2.41. The predicted octanol–water partition coefficient (Wildman–Crippen LogP) is 1.09. The Bertz CT molecular complexity index is 266. The quantitative estimate of drug-likeness (QED) is 0.741. The van der Waals surface area contributed by atoms with E-state index >= 15 is 0 Å². The molecule has 0 bridgehead atoms. The van der Waals surface area contributed by atoms with Gasteiger partial charge >= 0.3 is 0 Å². The van der Waals surface area contributed by atoms with Gasteiger partial charge in [0.25, 0.3) is 0 Å². The van der Waals surface area contributed by atoms with Crippen molar-refractivity contribution < 1.29 is 14.3 Å². The fourth-order valence-electron chi connectivity index (χ4n) is 2.74. The number of ketones is 1. The molecule has 0 spiro atoms. The highest BCUT2D eigenvalue weighted by atomic mass is 16.5. The first-order chi connectivity index (χ1) is 8.12. The molecular weight excluding hydrogens is 218 g/mol. The molecule has 4 heteroatoms. The van der Waals surface area contributed by atoms with Crippen LogP contribution in [0.2, 0.25) is 0 Å². The fraction of sp³-hybridized carbons (Fsp3) is 0.923. The van der Waals surface area contributed by atoms with E-state index < -0.39 is 0 Å². The molecule has 0 saturated carbocycles. The maximum Gasteiger partial charge on any atom is 0.155 e. The Morgan fingerprint density at radius 1 is 1.06 bits per heavy atom. The van der Waals surface area contributed by atoms with E-state index in [1.165, 1.54) is 0 Å². The van der Waals surface area contributed by atoms with Crippen molar-refractivity contribution >= 4 is 5.78 Å². The standard InChI is InChI=1S/C13H23NO3/c1-13(2,14-5-9-17-10-6-14)12(15)11-3-7-16-8-4-11/h11H,3-10H2,1-2H3. The van der Waals surface area contributed by atoms with Crippen molar-refractivity contribution in [1.82, 2.24) is 4.90 Å². The van der Waals surface area contributed by atoms with E-state index in [1.54, 1.807) is 0 Å². The van der Waals surface area contributed by atoms with Crippen LogP contribution in [-0.4, -0.2) is 55.7 Å². The molecule has 2 rings (SSSR count). The van der Waals surface area contributed by atoms with Crippen LogP contribution in [0.1, 0.15) is 26.7 Å². The smallest absolute Gasteiger partial charge is 0.155 e. The molecule has 0 aromatic carbocycles. The van der Waals surface area contributed by atoms with E-state index in [-0.39, 0.29) is 11.5 Å². The SMILES string of the molecule is CC(C)(C(=O)C1CCOCC1)N1CCOCC1. The lowest BCUT2D eigenvalue weighted by molar-refractivity contribution is -0.139. The molecular formula is C13H23NO3. The third-order valence-corrected chi connectivity index (χ3v) is 4.00. The molecule has 0 aromatic rings. The number of hydrogen-bond acceptors (Lipinski definition) is 4. The summed E-state index contributed by atoms with van der Waals surface area (Å²) in [5.74, 6) is 0.560. The van der Waals surface area contributed by atoms with Crippen LogP contribution in [0.3, 0.4) is 0 Å². The molecule has 98 valence electrons. The number of carbonyl (C=O) groups excluding carboxylic acids is 1. The topological polar surface area (TPSA) is 38.8 Å². The highest BCUT2D eigenvalue weighted by molar-refractivity contribution is 5.89. The maximum atomic E-state index is 12.6.